The summed E-state index contributed by atoms with van der Waals surface area (Å²) in [6.45, 7) is 28.3. The number of nitrogens with zero attached hydrogens (tertiary/aromatic N) is 2. The number of hydrogen-bond acceptors (Lipinski definition) is 8. The second kappa shape index (κ2) is 20.2. The first-order valence-electron chi connectivity index (χ1n) is 19.4. The number of fused-ring (bicyclic) bond motifs is 1. The summed E-state index contributed by atoms with van der Waals surface area (Å²) in [5, 5.41) is 3.52. The highest BCUT2D eigenvalue weighted by Crippen LogP contribution is 2.53. The first kappa shape index (κ1) is 48.9. The topological polar surface area (TPSA) is 98.8 Å². The molecule has 0 spiro atoms. The van der Waals surface area contributed by atoms with Crippen molar-refractivity contribution in [2.24, 2.45) is 0 Å². The van der Waals surface area contributed by atoms with Crippen LogP contribution in [0.2, 0.25) is 5.02 Å². The normalized spacial score (nSPS) is 15.3. The number of anilines is 2. The molecule has 316 valence electrons. The number of carbonyl (C=O) groups is 2. The van der Waals surface area contributed by atoms with Gasteiger partial charge in [-0.15, -0.1) is 0 Å². The molecule has 0 radical (unpaired) electrons. The summed E-state index contributed by atoms with van der Waals surface area (Å²) in [6.07, 6.45) is 1.00. The van der Waals surface area contributed by atoms with Gasteiger partial charge in [-0.1, -0.05) is 29.8 Å². The molecule has 0 bridgehead atoms. The van der Waals surface area contributed by atoms with Crippen molar-refractivity contribution in [2.75, 3.05) is 30.9 Å². The lowest BCUT2D eigenvalue weighted by atomic mass is 10.0. The number of benzene rings is 3. The molecule has 0 saturated carbocycles. The predicted molar refractivity (Wildman–Crippen MR) is 237 cm³/mol. The van der Waals surface area contributed by atoms with E-state index in [9.17, 15) is 9.59 Å². The number of hydrogen-bond donors (Lipinski definition) is 1. The molecular weight excluding hydrogens is 780 g/mol. The third kappa shape index (κ3) is 16.6. The van der Waals surface area contributed by atoms with Gasteiger partial charge in [-0.3, -0.25) is 9.59 Å². The van der Waals surface area contributed by atoms with Gasteiger partial charge in [0, 0.05) is 39.6 Å². The lowest BCUT2D eigenvalue weighted by Crippen LogP contribution is -2.32. The van der Waals surface area contributed by atoms with Crippen LogP contribution in [0.15, 0.2) is 60.7 Å². The molecule has 1 unspecified atom stereocenters. The molecule has 1 aliphatic rings. The van der Waals surface area contributed by atoms with Crippen molar-refractivity contribution >= 4 is 51.9 Å². The third-order valence-electron chi connectivity index (χ3n) is 7.77. The quantitative estimate of drug-likeness (QED) is 0.201. The molecule has 4 rings (SSSR count). The van der Waals surface area contributed by atoms with Crippen LogP contribution in [0.25, 0.3) is 0 Å². The molecule has 0 saturated heterocycles. The van der Waals surface area contributed by atoms with Gasteiger partial charge in [-0.25, -0.2) is 4.67 Å². The summed E-state index contributed by atoms with van der Waals surface area (Å²) < 4.78 is 32.6. The standard InChI is InChI=1S/C34H42ClN2O5P.C10H24NO2P/c1-22-12-9-10-13-26(22)31(38)36-25-16-17-27(23(2)20-25)32(39)37-19-11-14-30(28-21-24(35)15-18-29(28)37)40-43(41-33(3,4)5)42-34(6,7)8;1-9(2,3)12-14(11(7)8)13-10(4,5)6/h9-10,12-13,15-18,20-21,30H,11,14,19H2,1-8H3,(H,36,38);1-8H3. The van der Waals surface area contributed by atoms with Crippen LogP contribution >= 0.6 is 28.7 Å². The van der Waals surface area contributed by atoms with E-state index in [1.54, 1.807) is 29.2 Å². The Morgan fingerprint density at radius 1 is 0.737 bits per heavy atom. The summed E-state index contributed by atoms with van der Waals surface area (Å²) in [5.74, 6) is -0.315. The number of rotatable bonds is 10. The zero-order chi connectivity index (χ0) is 43.1. The molecular formula is C44H66ClN3O7P2. The second-order valence-electron chi connectivity index (χ2n) is 18.3. The molecule has 3 aromatic rings. The van der Waals surface area contributed by atoms with Crippen molar-refractivity contribution in [1.82, 2.24) is 4.67 Å². The molecule has 1 atom stereocenters. The van der Waals surface area contributed by atoms with Crippen LogP contribution in [0.1, 0.15) is 139 Å². The van der Waals surface area contributed by atoms with Gasteiger partial charge in [0.05, 0.1) is 28.5 Å². The maximum absolute atomic E-state index is 14.0. The minimum Gasteiger partial charge on any atom is -0.322 e. The highest BCUT2D eigenvalue weighted by molar-refractivity contribution is 7.44. The van der Waals surface area contributed by atoms with E-state index >= 15 is 0 Å². The van der Waals surface area contributed by atoms with Crippen LogP contribution in [0.4, 0.5) is 11.4 Å². The lowest BCUT2D eigenvalue weighted by Gasteiger charge is -2.34. The van der Waals surface area contributed by atoms with Crippen molar-refractivity contribution in [1.29, 1.82) is 0 Å². The lowest BCUT2D eigenvalue weighted by molar-refractivity contribution is 0.0169. The maximum atomic E-state index is 14.0. The smallest absolute Gasteiger partial charge is 0.322 e. The van der Waals surface area contributed by atoms with E-state index in [1.807, 2.05) is 152 Å². The second-order valence-corrected chi connectivity index (χ2v) is 21.4. The zero-order valence-electron chi connectivity index (χ0n) is 37.0. The van der Waals surface area contributed by atoms with E-state index in [0.29, 0.717) is 41.2 Å². The molecule has 13 heteroatoms. The van der Waals surface area contributed by atoms with E-state index in [-0.39, 0.29) is 29.1 Å². The van der Waals surface area contributed by atoms with Crippen LogP contribution < -0.4 is 10.2 Å². The van der Waals surface area contributed by atoms with Crippen molar-refractivity contribution in [3.8, 4) is 0 Å². The average molecular weight is 846 g/mol. The Morgan fingerprint density at radius 2 is 1.30 bits per heavy atom. The SMILES string of the molecule is CN(C)P(OC(C)(C)C)OC(C)(C)C.Cc1ccccc1C(=O)Nc1ccc(C(=O)N2CCCC(OP(OC(C)(C)C)OC(C)(C)C)c3cc(Cl)ccc32)c(C)c1. The molecule has 1 aliphatic heterocycles. The van der Waals surface area contributed by atoms with Gasteiger partial charge >= 0.3 is 8.60 Å². The predicted octanol–water partition coefficient (Wildman–Crippen LogP) is 13.0. The Kier molecular flexibility index (Phi) is 17.3. The van der Waals surface area contributed by atoms with E-state index in [0.717, 1.165) is 22.4 Å². The van der Waals surface area contributed by atoms with E-state index in [2.05, 4.69) is 5.32 Å². The summed E-state index contributed by atoms with van der Waals surface area (Å²) in [5.41, 5.74) is 3.76. The fourth-order valence-electron chi connectivity index (χ4n) is 5.48. The Hall–Kier alpha value is -2.49. The van der Waals surface area contributed by atoms with E-state index in [4.69, 9.17) is 34.2 Å². The monoisotopic (exact) mass is 845 g/mol. The molecule has 2 amide bonds. The van der Waals surface area contributed by atoms with Gasteiger partial charge in [0.1, 0.15) is 0 Å². The van der Waals surface area contributed by atoms with Gasteiger partial charge in [-0.05, 0) is 177 Å². The van der Waals surface area contributed by atoms with Gasteiger partial charge in [0.2, 0.25) is 0 Å². The number of nitrogens with one attached hydrogen (secondary N) is 1. The number of carbonyl (C=O) groups excluding carboxylic acids is 2. The maximum Gasteiger partial charge on any atom is 0.334 e. The molecule has 0 aromatic heterocycles. The fourth-order valence-corrected chi connectivity index (χ4v) is 8.40. The van der Waals surface area contributed by atoms with Crippen molar-refractivity contribution in [2.45, 2.75) is 138 Å². The Morgan fingerprint density at radius 3 is 1.81 bits per heavy atom. The van der Waals surface area contributed by atoms with Crippen molar-refractivity contribution in [3.63, 3.8) is 0 Å². The van der Waals surface area contributed by atoms with Crippen molar-refractivity contribution < 1.29 is 32.2 Å². The number of amides is 2. The number of halogens is 1. The van der Waals surface area contributed by atoms with Gasteiger partial charge in [-0.2, -0.15) is 0 Å². The fraction of sp³-hybridized carbons (Fsp3) is 0.545. The molecule has 3 aromatic carbocycles. The Bertz CT molecular complexity index is 1780. The average Bonchev–Trinajstić information content (AvgIpc) is 3.20. The largest absolute Gasteiger partial charge is 0.334 e. The minimum absolute atomic E-state index is 0.127. The molecule has 1 N–H and O–H groups in total. The first-order valence-corrected chi connectivity index (χ1v) is 22.0. The molecule has 10 nitrogen and oxygen atoms in total. The van der Waals surface area contributed by atoms with Gasteiger partial charge in [0.15, 0.2) is 0 Å². The molecule has 1 heterocycles. The van der Waals surface area contributed by atoms with Crippen LogP contribution in [-0.4, -0.2) is 59.5 Å². The summed E-state index contributed by atoms with van der Waals surface area (Å²) in [4.78, 5) is 28.7. The van der Waals surface area contributed by atoms with Gasteiger partial charge < -0.3 is 32.8 Å². The zero-order valence-corrected chi connectivity index (χ0v) is 39.5. The van der Waals surface area contributed by atoms with Crippen molar-refractivity contribution in [3.05, 3.63) is 93.5 Å². The number of aryl methyl sites for hydroxylation is 2. The van der Waals surface area contributed by atoms with Crippen LogP contribution in [0.3, 0.4) is 0 Å². The van der Waals surface area contributed by atoms with Crippen LogP contribution in [0, 0.1) is 13.8 Å². The van der Waals surface area contributed by atoms with E-state index in [1.165, 1.54) is 0 Å². The van der Waals surface area contributed by atoms with Crippen LogP contribution in [0.5, 0.6) is 0 Å². The highest BCUT2D eigenvalue weighted by Gasteiger charge is 2.35. The molecule has 0 aliphatic carbocycles. The summed E-state index contributed by atoms with van der Waals surface area (Å²) in [7, 11) is 1.29. The summed E-state index contributed by atoms with van der Waals surface area (Å²) in [6, 6.07) is 18.3. The van der Waals surface area contributed by atoms with Gasteiger partial charge in [0.25, 0.3) is 20.3 Å². The third-order valence-corrected chi connectivity index (χ3v) is 11.9. The van der Waals surface area contributed by atoms with E-state index < -0.39 is 28.3 Å². The first-order chi connectivity index (χ1) is 26.1. The van der Waals surface area contributed by atoms with Crippen LogP contribution in [-0.2, 0) is 22.6 Å². The Balaban J connectivity index is 0.000000529. The Labute approximate surface area is 350 Å². The minimum atomic E-state index is -1.70. The summed E-state index contributed by atoms with van der Waals surface area (Å²) >= 11 is 6.48. The molecule has 0 fully saturated rings. The molecule has 57 heavy (non-hydrogen) atoms. The highest BCUT2D eigenvalue weighted by atomic mass is 35.5.